The zero-order valence-electron chi connectivity index (χ0n) is 9.50. The number of carboxylic acids is 1. The van der Waals surface area contributed by atoms with Crippen LogP contribution in [0.5, 0.6) is 0 Å². The van der Waals surface area contributed by atoms with E-state index < -0.39 is 11.9 Å². The van der Waals surface area contributed by atoms with Gasteiger partial charge >= 0.3 is 5.97 Å². The fourth-order valence-corrected chi connectivity index (χ4v) is 2.33. The SMILES string of the molecule is CC[C@@H]1[C@@H](C(=O)O)CCC(=O)N1c1cnco1. The number of oxazole rings is 1. The monoisotopic (exact) mass is 238 g/mol. The van der Waals surface area contributed by atoms with Crippen molar-refractivity contribution in [2.24, 2.45) is 5.92 Å². The number of amides is 1. The summed E-state index contributed by atoms with van der Waals surface area (Å²) in [5, 5.41) is 9.16. The number of aromatic nitrogens is 1. The lowest BCUT2D eigenvalue weighted by Crippen LogP contribution is -2.50. The molecule has 1 aliphatic rings. The molecule has 1 aliphatic heterocycles. The van der Waals surface area contributed by atoms with Crippen LogP contribution in [0.3, 0.4) is 0 Å². The van der Waals surface area contributed by atoms with Crippen LogP contribution in [0.4, 0.5) is 5.88 Å². The second-order valence-corrected chi connectivity index (χ2v) is 4.06. The Balaban J connectivity index is 2.32. The van der Waals surface area contributed by atoms with Crippen molar-refractivity contribution in [3.05, 3.63) is 12.6 Å². The Kier molecular flexibility index (Phi) is 3.12. The highest BCUT2D eigenvalue weighted by Crippen LogP contribution is 2.31. The minimum absolute atomic E-state index is 0.105. The van der Waals surface area contributed by atoms with Gasteiger partial charge in [0, 0.05) is 6.42 Å². The summed E-state index contributed by atoms with van der Waals surface area (Å²) in [6.45, 7) is 1.86. The molecule has 0 spiro atoms. The summed E-state index contributed by atoms with van der Waals surface area (Å²) in [7, 11) is 0. The van der Waals surface area contributed by atoms with Gasteiger partial charge in [0.2, 0.25) is 11.8 Å². The van der Waals surface area contributed by atoms with Gasteiger partial charge in [0.05, 0.1) is 18.2 Å². The van der Waals surface area contributed by atoms with Crippen LogP contribution in [0.15, 0.2) is 17.0 Å². The van der Waals surface area contributed by atoms with Crippen molar-refractivity contribution in [3.8, 4) is 0 Å². The van der Waals surface area contributed by atoms with Crippen molar-refractivity contribution in [3.63, 3.8) is 0 Å². The average molecular weight is 238 g/mol. The molecule has 2 rings (SSSR count). The molecule has 17 heavy (non-hydrogen) atoms. The standard InChI is InChI=1S/C11H14N2O4/c1-2-8-7(11(15)16)3-4-9(14)13(8)10-5-12-6-17-10/h5-8H,2-4H2,1H3,(H,15,16)/t7-,8+/m0/s1. The van der Waals surface area contributed by atoms with Crippen molar-refractivity contribution in [2.75, 3.05) is 4.90 Å². The van der Waals surface area contributed by atoms with E-state index >= 15 is 0 Å². The van der Waals surface area contributed by atoms with Crippen molar-refractivity contribution in [1.82, 2.24) is 4.98 Å². The maximum Gasteiger partial charge on any atom is 0.308 e. The molecule has 0 bridgehead atoms. The largest absolute Gasteiger partial charge is 0.481 e. The lowest BCUT2D eigenvalue weighted by molar-refractivity contribution is -0.144. The third-order valence-corrected chi connectivity index (χ3v) is 3.13. The number of carboxylic acid groups (broad SMARTS) is 1. The minimum Gasteiger partial charge on any atom is -0.481 e. The maximum atomic E-state index is 11.9. The predicted molar refractivity (Wildman–Crippen MR) is 58.4 cm³/mol. The molecule has 1 fully saturated rings. The second kappa shape index (κ2) is 4.57. The fourth-order valence-electron chi connectivity index (χ4n) is 2.33. The van der Waals surface area contributed by atoms with Gasteiger partial charge in [-0.2, -0.15) is 0 Å². The van der Waals surface area contributed by atoms with Crippen molar-refractivity contribution >= 4 is 17.8 Å². The first-order valence-corrected chi connectivity index (χ1v) is 5.58. The number of carbonyl (C=O) groups is 2. The fraction of sp³-hybridized carbons (Fsp3) is 0.545. The second-order valence-electron chi connectivity index (χ2n) is 4.06. The number of piperidine rings is 1. The topological polar surface area (TPSA) is 83.6 Å². The molecule has 6 nitrogen and oxygen atoms in total. The number of nitrogens with zero attached hydrogens (tertiary/aromatic N) is 2. The van der Waals surface area contributed by atoms with Gasteiger partial charge in [-0.1, -0.05) is 6.92 Å². The summed E-state index contributed by atoms with van der Waals surface area (Å²) >= 11 is 0. The van der Waals surface area contributed by atoms with Crippen LogP contribution >= 0.6 is 0 Å². The summed E-state index contributed by atoms with van der Waals surface area (Å²) in [6, 6.07) is -0.360. The van der Waals surface area contributed by atoms with Crippen molar-refractivity contribution < 1.29 is 19.1 Å². The van der Waals surface area contributed by atoms with Crippen LogP contribution in [0.2, 0.25) is 0 Å². The van der Waals surface area contributed by atoms with E-state index in [0.29, 0.717) is 18.7 Å². The summed E-state index contributed by atoms with van der Waals surface area (Å²) < 4.78 is 5.10. The predicted octanol–water partition coefficient (Wildman–Crippen LogP) is 1.28. The number of rotatable bonds is 3. The molecule has 0 radical (unpaired) electrons. The Labute approximate surface area is 98.2 Å². The molecule has 92 valence electrons. The van der Waals surface area contributed by atoms with Crippen LogP contribution < -0.4 is 4.90 Å². The Hall–Kier alpha value is -1.85. The van der Waals surface area contributed by atoms with E-state index in [1.165, 1.54) is 17.5 Å². The third kappa shape index (κ3) is 2.02. The molecular weight excluding hydrogens is 224 g/mol. The van der Waals surface area contributed by atoms with Crippen LogP contribution in [0.1, 0.15) is 26.2 Å². The van der Waals surface area contributed by atoms with E-state index in [2.05, 4.69) is 4.98 Å². The van der Waals surface area contributed by atoms with Crippen LogP contribution in [-0.4, -0.2) is 28.0 Å². The number of hydrogen-bond donors (Lipinski definition) is 1. The molecule has 2 atom stereocenters. The van der Waals surface area contributed by atoms with Gasteiger partial charge in [-0.15, -0.1) is 0 Å². The third-order valence-electron chi connectivity index (χ3n) is 3.13. The zero-order valence-corrected chi connectivity index (χ0v) is 9.50. The van der Waals surface area contributed by atoms with Gasteiger partial charge in [0.15, 0.2) is 6.39 Å². The molecule has 1 amide bonds. The average Bonchev–Trinajstić information content (AvgIpc) is 2.81. The van der Waals surface area contributed by atoms with E-state index in [-0.39, 0.29) is 18.4 Å². The van der Waals surface area contributed by atoms with Crippen LogP contribution in [0.25, 0.3) is 0 Å². The Morgan fingerprint density at radius 2 is 2.47 bits per heavy atom. The highest BCUT2D eigenvalue weighted by atomic mass is 16.4. The highest BCUT2D eigenvalue weighted by Gasteiger charge is 2.40. The van der Waals surface area contributed by atoms with Gasteiger partial charge < -0.3 is 9.52 Å². The van der Waals surface area contributed by atoms with E-state index in [0.717, 1.165) is 0 Å². The number of carbonyl (C=O) groups excluding carboxylic acids is 1. The zero-order chi connectivity index (χ0) is 12.4. The molecule has 1 aromatic rings. The Bertz CT molecular complexity index is 415. The molecule has 1 saturated heterocycles. The first-order chi connectivity index (χ1) is 8.15. The van der Waals surface area contributed by atoms with Crippen LogP contribution in [0, 0.1) is 5.92 Å². The van der Waals surface area contributed by atoms with Gasteiger partial charge in [-0.05, 0) is 12.8 Å². The van der Waals surface area contributed by atoms with E-state index in [4.69, 9.17) is 9.52 Å². The molecule has 0 aliphatic carbocycles. The van der Waals surface area contributed by atoms with Gasteiger partial charge in [0.1, 0.15) is 0 Å². The molecule has 0 saturated carbocycles. The summed E-state index contributed by atoms with van der Waals surface area (Å²) in [4.78, 5) is 28.2. The van der Waals surface area contributed by atoms with E-state index in [1.807, 2.05) is 6.92 Å². The molecule has 2 heterocycles. The molecule has 1 N–H and O–H groups in total. The Morgan fingerprint density at radius 3 is 3.00 bits per heavy atom. The molecule has 0 aromatic carbocycles. The number of hydrogen-bond acceptors (Lipinski definition) is 4. The van der Waals surface area contributed by atoms with E-state index in [9.17, 15) is 9.59 Å². The summed E-state index contributed by atoms with van der Waals surface area (Å²) in [6.07, 6.45) is 3.86. The van der Waals surface area contributed by atoms with Crippen LogP contribution in [-0.2, 0) is 9.59 Å². The van der Waals surface area contributed by atoms with E-state index in [1.54, 1.807) is 0 Å². The first-order valence-electron chi connectivity index (χ1n) is 5.58. The van der Waals surface area contributed by atoms with Crippen molar-refractivity contribution in [1.29, 1.82) is 0 Å². The minimum atomic E-state index is -0.867. The number of anilines is 1. The Morgan fingerprint density at radius 1 is 1.71 bits per heavy atom. The quantitative estimate of drug-likeness (QED) is 0.857. The molecule has 6 heteroatoms. The molecule has 1 aromatic heterocycles. The smallest absolute Gasteiger partial charge is 0.308 e. The maximum absolute atomic E-state index is 11.9. The number of aliphatic carboxylic acids is 1. The summed E-state index contributed by atoms with van der Waals surface area (Å²) in [5.41, 5.74) is 0. The van der Waals surface area contributed by atoms with Gasteiger partial charge in [0.25, 0.3) is 0 Å². The molecule has 0 unspecified atom stereocenters. The summed E-state index contributed by atoms with van der Waals surface area (Å²) in [5.74, 6) is -1.18. The highest BCUT2D eigenvalue weighted by molar-refractivity contribution is 5.95. The molecular formula is C11H14N2O4. The van der Waals surface area contributed by atoms with Gasteiger partial charge in [-0.25, -0.2) is 4.98 Å². The first kappa shape index (κ1) is 11.6. The lowest BCUT2D eigenvalue weighted by atomic mass is 9.87. The normalized spacial score (nSPS) is 25.0. The van der Waals surface area contributed by atoms with Crippen molar-refractivity contribution in [2.45, 2.75) is 32.2 Å². The lowest BCUT2D eigenvalue weighted by Gasteiger charge is -2.36. The van der Waals surface area contributed by atoms with Gasteiger partial charge in [-0.3, -0.25) is 14.5 Å².